The highest BCUT2D eigenvalue weighted by molar-refractivity contribution is 9.10. The molecule has 4 nitrogen and oxygen atoms in total. The summed E-state index contributed by atoms with van der Waals surface area (Å²) in [5, 5.41) is 14.8. The predicted molar refractivity (Wildman–Crippen MR) is 111 cm³/mol. The molecule has 1 saturated heterocycles. The molecule has 1 aliphatic rings. The Bertz CT molecular complexity index is 907. The van der Waals surface area contributed by atoms with Gasteiger partial charge in [-0.2, -0.15) is 5.10 Å². The number of aryl methyl sites for hydroxylation is 1. The lowest BCUT2D eigenvalue weighted by Crippen LogP contribution is -2.34. The number of aliphatic hydroxyl groups excluding tert-OH is 1. The third kappa shape index (κ3) is 3.72. The van der Waals surface area contributed by atoms with Crippen LogP contribution in [0.15, 0.2) is 65.3 Å². The van der Waals surface area contributed by atoms with Crippen LogP contribution in [0.25, 0.3) is 5.69 Å². The van der Waals surface area contributed by atoms with Crippen molar-refractivity contribution in [3.05, 3.63) is 82.1 Å². The van der Waals surface area contributed by atoms with E-state index in [-0.39, 0.29) is 12.0 Å². The molecule has 0 amide bonds. The molecular formula is C22H24BrN3O. The molecule has 140 valence electrons. The minimum Gasteiger partial charge on any atom is -0.395 e. The highest BCUT2D eigenvalue weighted by Gasteiger charge is 2.39. The minimum atomic E-state index is -0.156. The summed E-state index contributed by atoms with van der Waals surface area (Å²) in [7, 11) is 0. The summed E-state index contributed by atoms with van der Waals surface area (Å²) in [6.45, 7) is 4.97. The molecule has 2 heterocycles. The third-order valence-electron chi connectivity index (χ3n) is 5.61. The number of aliphatic hydroxyl groups is 1. The molecule has 0 spiro atoms. The maximum atomic E-state index is 10.1. The summed E-state index contributed by atoms with van der Waals surface area (Å²) in [4.78, 5) is 2.43. The Hall–Kier alpha value is -1.95. The van der Waals surface area contributed by atoms with Crippen LogP contribution in [-0.4, -0.2) is 39.5 Å². The van der Waals surface area contributed by atoms with E-state index in [4.69, 9.17) is 5.10 Å². The quantitative estimate of drug-likeness (QED) is 0.669. The van der Waals surface area contributed by atoms with Crippen LogP contribution in [0.5, 0.6) is 0 Å². The zero-order chi connectivity index (χ0) is 18.9. The Kier molecular flexibility index (Phi) is 5.17. The van der Waals surface area contributed by atoms with Crippen molar-refractivity contribution in [3.8, 4) is 5.69 Å². The summed E-state index contributed by atoms with van der Waals surface area (Å²) in [6, 6.07) is 18.6. The van der Waals surface area contributed by atoms with Crippen LogP contribution >= 0.6 is 15.9 Å². The van der Waals surface area contributed by atoms with Crippen molar-refractivity contribution >= 4 is 15.9 Å². The van der Waals surface area contributed by atoms with Crippen LogP contribution in [0.1, 0.15) is 23.2 Å². The number of halogens is 1. The van der Waals surface area contributed by atoms with Crippen LogP contribution in [0.4, 0.5) is 0 Å². The zero-order valence-corrected chi connectivity index (χ0v) is 17.1. The fourth-order valence-corrected chi connectivity index (χ4v) is 4.22. The Morgan fingerprint density at radius 1 is 1.11 bits per heavy atom. The van der Waals surface area contributed by atoms with E-state index in [2.05, 4.69) is 70.3 Å². The van der Waals surface area contributed by atoms with E-state index >= 15 is 0 Å². The van der Waals surface area contributed by atoms with Crippen LogP contribution in [0.2, 0.25) is 0 Å². The molecule has 3 aromatic rings. The first-order chi connectivity index (χ1) is 13.1. The third-order valence-corrected chi connectivity index (χ3v) is 6.14. The summed E-state index contributed by atoms with van der Waals surface area (Å²) in [6.07, 6.45) is 3.10. The van der Waals surface area contributed by atoms with E-state index in [0.717, 1.165) is 41.9 Å². The lowest BCUT2D eigenvalue weighted by molar-refractivity contribution is 0.188. The Morgan fingerprint density at radius 2 is 1.85 bits per heavy atom. The fourth-order valence-electron chi connectivity index (χ4n) is 3.96. The molecule has 2 aromatic carbocycles. The summed E-state index contributed by atoms with van der Waals surface area (Å²) < 4.78 is 3.01. The Balaban J connectivity index is 1.51. The topological polar surface area (TPSA) is 41.3 Å². The molecule has 0 bridgehead atoms. The van der Waals surface area contributed by atoms with E-state index in [0.29, 0.717) is 0 Å². The highest BCUT2D eigenvalue weighted by atomic mass is 79.9. The van der Waals surface area contributed by atoms with Gasteiger partial charge in [-0.05, 0) is 49.7 Å². The number of likely N-dealkylation sites (tertiary alicyclic amines) is 1. The molecule has 1 aromatic heterocycles. The van der Waals surface area contributed by atoms with Gasteiger partial charge in [-0.15, -0.1) is 0 Å². The monoisotopic (exact) mass is 425 g/mol. The number of aromatic nitrogens is 2. The molecule has 0 aliphatic carbocycles. The van der Waals surface area contributed by atoms with Crippen LogP contribution in [0.3, 0.4) is 0 Å². The minimum absolute atomic E-state index is 0.156. The maximum Gasteiger partial charge on any atom is 0.0646 e. The molecule has 1 N–H and O–H groups in total. The first-order valence-electron chi connectivity index (χ1n) is 9.29. The largest absolute Gasteiger partial charge is 0.395 e. The predicted octanol–water partition coefficient (Wildman–Crippen LogP) is 4.08. The molecular weight excluding hydrogens is 402 g/mol. The molecule has 0 saturated carbocycles. The van der Waals surface area contributed by atoms with Gasteiger partial charge >= 0.3 is 0 Å². The first kappa shape index (κ1) is 18.4. The maximum absolute atomic E-state index is 10.1. The number of rotatable bonds is 5. The first-order valence-corrected chi connectivity index (χ1v) is 10.1. The van der Waals surface area contributed by atoms with Crippen molar-refractivity contribution in [2.45, 2.75) is 25.3 Å². The second-order valence-electron chi connectivity index (χ2n) is 7.43. The van der Waals surface area contributed by atoms with Gasteiger partial charge in [0.15, 0.2) is 0 Å². The molecule has 1 atom stereocenters. The average Bonchev–Trinajstić information content (AvgIpc) is 3.28. The summed E-state index contributed by atoms with van der Waals surface area (Å²) in [5.41, 5.74) is 4.43. The molecule has 1 unspecified atom stereocenters. The van der Waals surface area contributed by atoms with Gasteiger partial charge in [-0.1, -0.05) is 46.3 Å². The second kappa shape index (κ2) is 7.58. The van der Waals surface area contributed by atoms with Gasteiger partial charge in [0.2, 0.25) is 0 Å². The zero-order valence-electron chi connectivity index (χ0n) is 15.5. The normalized spacial score (nSPS) is 20.3. The second-order valence-corrected chi connectivity index (χ2v) is 8.34. The van der Waals surface area contributed by atoms with Crippen molar-refractivity contribution in [3.63, 3.8) is 0 Å². The summed E-state index contributed by atoms with van der Waals surface area (Å²) in [5.74, 6) is 0. The van der Waals surface area contributed by atoms with Crippen LogP contribution < -0.4 is 0 Å². The lowest BCUT2D eigenvalue weighted by Gasteiger charge is -2.28. The van der Waals surface area contributed by atoms with Crippen LogP contribution in [0, 0.1) is 6.92 Å². The van der Waals surface area contributed by atoms with Gasteiger partial charge in [0.25, 0.3) is 0 Å². The Morgan fingerprint density at radius 3 is 2.56 bits per heavy atom. The van der Waals surface area contributed by atoms with E-state index in [1.165, 1.54) is 11.1 Å². The van der Waals surface area contributed by atoms with E-state index in [1.807, 2.05) is 22.9 Å². The van der Waals surface area contributed by atoms with Crippen molar-refractivity contribution in [1.82, 2.24) is 14.7 Å². The van der Waals surface area contributed by atoms with Gasteiger partial charge in [-0.25, -0.2) is 4.68 Å². The van der Waals surface area contributed by atoms with Crippen molar-refractivity contribution < 1.29 is 5.11 Å². The van der Waals surface area contributed by atoms with Gasteiger partial charge < -0.3 is 5.11 Å². The van der Waals surface area contributed by atoms with Crippen molar-refractivity contribution in [1.29, 1.82) is 0 Å². The van der Waals surface area contributed by atoms with E-state index < -0.39 is 0 Å². The fraction of sp³-hybridized carbons (Fsp3) is 0.318. The Labute approximate surface area is 168 Å². The van der Waals surface area contributed by atoms with Gasteiger partial charge in [0.1, 0.15) is 0 Å². The molecule has 27 heavy (non-hydrogen) atoms. The number of benzene rings is 2. The lowest BCUT2D eigenvalue weighted by atomic mass is 9.80. The van der Waals surface area contributed by atoms with Crippen LogP contribution in [-0.2, 0) is 12.0 Å². The SMILES string of the molecule is Cc1nn(-c2ccc(Br)cc2)cc1CN1CCC(CO)(c2ccccc2)C1. The van der Waals surface area contributed by atoms with Crippen molar-refractivity contribution in [2.24, 2.45) is 0 Å². The smallest absolute Gasteiger partial charge is 0.0646 e. The molecule has 0 radical (unpaired) electrons. The highest BCUT2D eigenvalue weighted by Crippen LogP contribution is 2.35. The van der Waals surface area contributed by atoms with Gasteiger partial charge in [0, 0.05) is 34.7 Å². The molecule has 1 fully saturated rings. The van der Waals surface area contributed by atoms with Crippen molar-refractivity contribution in [2.75, 3.05) is 19.7 Å². The van der Waals surface area contributed by atoms with Gasteiger partial charge in [-0.3, -0.25) is 4.90 Å². The molecule has 5 heteroatoms. The number of nitrogens with zero attached hydrogens (tertiary/aromatic N) is 3. The molecule has 4 rings (SSSR count). The standard InChI is InChI=1S/C22H24BrN3O/c1-17-18(14-26(24-17)21-9-7-20(23)8-10-21)13-25-12-11-22(15-25,16-27)19-5-3-2-4-6-19/h2-10,14,27H,11-13,15-16H2,1H3. The average molecular weight is 426 g/mol. The van der Waals surface area contributed by atoms with Gasteiger partial charge in [0.05, 0.1) is 18.0 Å². The summed E-state index contributed by atoms with van der Waals surface area (Å²) >= 11 is 3.48. The molecule has 1 aliphatic heterocycles. The number of hydrogen-bond acceptors (Lipinski definition) is 3. The van der Waals surface area contributed by atoms with E-state index in [9.17, 15) is 5.11 Å². The van der Waals surface area contributed by atoms with E-state index in [1.54, 1.807) is 0 Å². The number of hydrogen-bond donors (Lipinski definition) is 1.